The Balaban J connectivity index is 1.68. The first-order chi connectivity index (χ1) is 9.79. The van der Waals surface area contributed by atoms with Gasteiger partial charge in [0.05, 0.1) is 0 Å². The quantitative estimate of drug-likeness (QED) is 0.751. The van der Waals surface area contributed by atoms with Crippen LogP contribution in [-0.4, -0.2) is 19.0 Å². The first kappa shape index (κ1) is 15.0. The third-order valence-corrected chi connectivity index (χ3v) is 4.20. The largest absolute Gasteiger partial charge is 0.352 e. The molecule has 0 spiro atoms. The first-order valence-corrected chi connectivity index (χ1v) is 7.87. The van der Waals surface area contributed by atoms with Crippen LogP contribution in [0.5, 0.6) is 0 Å². The van der Waals surface area contributed by atoms with Crippen LogP contribution in [0.1, 0.15) is 54.4 Å². The third-order valence-electron chi connectivity index (χ3n) is 4.20. The van der Waals surface area contributed by atoms with Crippen molar-refractivity contribution in [3.63, 3.8) is 0 Å². The van der Waals surface area contributed by atoms with Crippen molar-refractivity contribution >= 4 is 5.91 Å². The maximum Gasteiger partial charge on any atom is 0.251 e. The van der Waals surface area contributed by atoms with Gasteiger partial charge in [-0.25, -0.2) is 0 Å². The number of hydrogen-bond donors (Lipinski definition) is 2. The molecular formula is C17H26N2O. The van der Waals surface area contributed by atoms with E-state index in [4.69, 9.17) is 5.73 Å². The Kier molecular flexibility index (Phi) is 6.06. The van der Waals surface area contributed by atoms with Crippen LogP contribution in [0, 0.1) is 5.92 Å². The summed E-state index contributed by atoms with van der Waals surface area (Å²) in [6, 6.07) is 7.75. The van der Waals surface area contributed by atoms with E-state index >= 15 is 0 Å². The molecule has 0 radical (unpaired) electrons. The summed E-state index contributed by atoms with van der Waals surface area (Å²) in [5, 5.41) is 3.01. The van der Waals surface area contributed by atoms with Gasteiger partial charge in [0.1, 0.15) is 0 Å². The monoisotopic (exact) mass is 274 g/mol. The standard InChI is InChI=1S/C17H26N2O/c18-12-11-15-7-9-16(10-8-15)17(20)19-13-3-6-14-4-1-2-5-14/h7-10,14H,1-6,11-13,18H2,(H,19,20). The van der Waals surface area contributed by atoms with Gasteiger partial charge >= 0.3 is 0 Å². The molecule has 1 aliphatic carbocycles. The second-order valence-corrected chi connectivity index (χ2v) is 5.78. The Morgan fingerprint density at radius 2 is 1.90 bits per heavy atom. The number of nitrogens with two attached hydrogens (primary N) is 1. The van der Waals surface area contributed by atoms with Crippen molar-refractivity contribution in [3.8, 4) is 0 Å². The lowest BCUT2D eigenvalue weighted by Gasteiger charge is -2.09. The molecule has 1 amide bonds. The number of amides is 1. The number of carbonyl (C=O) groups excluding carboxylic acids is 1. The summed E-state index contributed by atoms with van der Waals surface area (Å²) in [6.07, 6.45) is 8.78. The predicted molar refractivity (Wildman–Crippen MR) is 82.7 cm³/mol. The molecule has 0 atom stereocenters. The van der Waals surface area contributed by atoms with Crippen LogP contribution in [-0.2, 0) is 6.42 Å². The van der Waals surface area contributed by atoms with E-state index in [1.54, 1.807) is 0 Å². The average Bonchev–Trinajstić information content (AvgIpc) is 2.98. The normalized spacial score (nSPS) is 15.4. The Morgan fingerprint density at radius 1 is 1.20 bits per heavy atom. The highest BCUT2D eigenvalue weighted by atomic mass is 16.1. The molecule has 0 unspecified atom stereocenters. The van der Waals surface area contributed by atoms with Crippen LogP contribution in [0.2, 0.25) is 0 Å². The number of rotatable bonds is 7. The molecule has 20 heavy (non-hydrogen) atoms. The van der Waals surface area contributed by atoms with Gasteiger partial charge in [-0.15, -0.1) is 0 Å². The molecule has 0 bridgehead atoms. The van der Waals surface area contributed by atoms with Gasteiger partial charge in [0.15, 0.2) is 0 Å². The zero-order valence-corrected chi connectivity index (χ0v) is 12.2. The summed E-state index contributed by atoms with van der Waals surface area (Å²) < 4.78 is 0. The van der Waals surface area contributed by atoms with Gasteiger partial charge in [-0.3, -0.25) is 4.79 Å². The van der Waals surface area contributed by atoms with Crippen LogP contribution in [0.4, 0.5) is 0 Å². The van der Waals surface area contributed by atoms with Crippen molar-refractivity contribution in [3.05, 3.63) is 35.4 Å². The minimum atomic E-state index is 0.0377. The van der Waals surface area contributed by atoms with E-state index < -0.39 is 0 Å². The van der Waals surface area contributed by atoms with Crippen LogP contribution in [0.15, 0.2) is 24.3 Å². The SMILES string of the molecule is NCCc1ccc(C(=O)NCCCC2CCCC2)cc1. The summed E-state index contributed by atoms with van der Waals surface area (Å²) in [7, 11) is 0. The van der Waals surface area contributed by atoms with Crippen LogP contribution in [0.25, 0.3) is 0 Å². The van der Waals surface area contributed by atoms with E-state index in [9.17, 15) is 4.79 Å². The first-order valence-electron chi connectivity index (χ1n) is 7.87. The molecule has 2 rings (SSSR count). The Morgan fingerprint density at radius 3 is 2.55 bits per heavy atom. The van der Waals surface area contributed by atoms with Gasteiger partial charge in [0.2, 0.25) is 0 Å². The fourth-order valence-corrected chi connectivity index (χ4v) is 2.98. The summed E-state index contributed by atoms with van der Waals surface area (Å²) in [6.45, 7) is 1.44. The van der Waals surface area contributed by atoms with E-state index in [1.165, 1.54) is 37.7 Å². The van der Waals surface area contributed by atoms with E-state index in [-0.39, 0.29) is 5.91 Å². The highest BCUT2D eigenvalue weighted by Crippen LogP contribution is 2.28. The van der Waals surface area contributed by atoms with E-state index in [2.05, 4.69) is 5.32 Å². The highest BCUT2D eigenvalue weighted by molar-refractivity contribution is 5.94. The van der Waals surface area contributed by atoms with Crippen molar-refractivity contribution in [2.24, 2.45) is 11.7 Å². The molecule has 3 heteroatoms. The second kappa shape index (κ2) is 8.05. The van der Waals surface area contributed by atoms with Gasteiger partial charge in [-0.2, -0.15) is 0 Å². The van der Waals surface area contributed by atoms with Gasteiger partial charge in [-0.1, -0.05) is 37.8 Å². The third kappa shape index (κ3) is 4.64. The summed E-state index contributed by atoms with van der Waals surface area (Å²) >= 11 is 0. The van der Waals surface area contributed by atoms with Gasteiger partial charge < -0.3 is 11.1 Å². The predicted octanol–water partition coefficient (Wildman–Crippen LogP) is 2.89. The Labute approximate surface area is 121 Å². The maximum atomic E-state index is 12.0. The molecule has 1 aliphatic rings. The molecule has 0 aliphatic heterocycles. The number of hydrogen-bond acceptors (Lipinski definition) is 2. The molecule has 1 saturated carbocycles. The highest BCUT2D eigenvalue weighted by Gasteiger charge is 2.14. The van der Waals surface area contributed by atoms with Crippen molar-refractivity contribution in [2.45, 2.75) is 44.9 Å². The minimum absolute atomic E-state index is 0.0377. The molecule has 0 heterocycles. The fourth-order valence-electron chi connectivity index (χ4n) is 2.98. The molecule has 3 N–H and O–H groups in total. The smallest absolute Gasteiger partial charge is 0.251 e. The zero-order valence-electron chi connectivity index (χ0n) is 12.2. The average molecular weight is 274 g/mol. The van der Waals surface area contributed by atoms with E-state index in [1.807, 2.05) is 24.3 Å². The summed E-state index contributed by atoms with van der Waals surface area (Å²) in [4.78, 5) is 12.0. The van der Waals surface area contributed by atoms with Gasteiger partial charge in [-0.05, 0) is 49.4 Å². The van der Waals surface area contributed by atoms with Gasteiger partial charge in [0, 0.05) is 12.1 Å². The summed E-state index contributed by atoms with van der Waals surface area (Å²) in [5.74, 6) is 0.943. The lowest BCUT2D eigenvalue weighted by atomic mass is 10.0. The van der Waals surface area contributed by atoms with Crippen LogP contribution >= 0.6 is 0 Å². The van der Waals surface area contributed by atoms with Crippen molar-refractivity contribution < 1.29 is 4.79 Å². The number of benzene rings is 1. The summed E-state index contributed by atoms with van der Waals surface area (Å²) in [5.41, 5.74) is 7.44. The van der Waals surface area contributed by atoms with Crippen LogP contribution in [0.3, 0.4) is 0 Å². The lowest BCUT2D eigenvalue weighted by molar-refractivity contribution is 0.0952. The number of carbonyl (C=O) groups is 1. The molecule has 1 fully saturated rings. The fraction of sp³-hybridized carbons (Fsp3) is 0.588. The van der Waals surface area contributed by atoms with Crippen LogP contribution < -0.4 is 11.1 Å². The Bertz CT molecular complexity index is 408. The topological polar surface area (TPSA) is 55.1 Å². The van der Waals surface area contributed by atoms with Crippen molar-refractivity contribution in [1.82, 2.24) is 5.32 Å². The molecule has 1 aromatic carbocycles. The second-order valence-electron chi connectivity index (χ2n) is 5.78. The molecule has 110 valence electrons. The minimum Gasteiger partial charge on any atom is -0.352 e. The van der Waals surface area contributed by atoms with Crippen molar-refractivity contribution in [1.29, 1.82) is 0 Å². The molecular weight excluding hydrogens is 248 g/mol. The molecule has 0 saturated heterocycles. The van der Waals surface area contributed by atoms with Crippen molar-refractivity contribution in [2.75, 3.05) is 13.1 Å². The molecule has 3 nitrogen and oxygen atoms in total. The van der Waals surface area contributed by atoms with E-state index in [0.717, 1.165) is 30.9 Å². The Hall–Kier alpha value is -1.35. The molecule has 1 aromatic rings. The van der Waals surface area contributed by atoms with Gasteiger partial charge in [0.25, 0.3) is 5.91 Å². The lowest BCUT2D eigenvalue weighted by Crippen LogP contribution is -2.24. The van der Waals surface area contributed by atoms with E-state index in [0.29, 0.717) is 6.54 Å². The maximum absolute atomic E-state index is 12.0. The number of nitrogens with one attached hydrogen (secondary N) is 1. The zero-order chi connectivity index (χ0) is 14.2. The molecule has 0 aromatic heterocycles.